The predicted octanol–water partition coefficient (Wildman–Crippen LogP) is 5.57. The summed E-state index contributed by atoms with van der Waals surface area (Å²) in [6, 6.07) is 16.4. The lowest BCUT2D eigenvalue weighted by Gasteiger charge is -2.33. The van der Waals surface area contributed by atoms with Gasteiger partial charge in [-0.3, -0.25) is 14.5 Å². The number of hydrogen-bond acceptors (Lipinski definition) is 3. The Labute approximate surface area is 192 Å². The van der Waals surface area contributed by atoms with Gasteiger partial charge in [-0.05, 0) is 48.9 Å². The molecule has 0 radical (unpaired) electrons. The van der Waals surface area contributed by atoms with Crippen molar-refractivity contribution in [2.24, 2.45) is 0 Å². The minimum absolute atomic E-state index is 0.0582. The molecule has 4 rings (SSSR count). The molecule has 4 nitrogen and oxygen atoms in total. The summed E-state index contributed by atoms with van der Waals surface area (Å²) in [6.07, 6.45) is 4.09. The number of carbonyl (C=O) groups excluding carboxylic acids is 2. The molecule has 0 unspecified atom stereocenters. The van der Waals surface area contributed by atoms with Crippen LogP contribution in [0.5, 0.6) is 0 Å². The Morgan fingerprint density at radius 3 is 2.47 bits per heavy atom. The van der Waals surface area contributed by atoms with Gasteiger partial charge >= 0.3 is 0 Å². The van der Waals surface area contributed by atoms with E-state index in [0.717, 1.165) is 36.1 Å². The van der Waals surface area contributed by atoms with Crippen LogP contribution in [0.4, 0.5) is 10.1 Å². The number of hydrogen-bond donors (Lipinski definition) is 1. The molecule has 0 aliphatic heterocycles. The van der Waals surface area contributed by atoms with Gasteiger partial charge in [0.25, 0.3) is 0 Å². The van der Waals surface area contributed by atoms with E-state index in [4.69, 9.17) is 0 Å². The second kappa shape index (κ2) is 10.1. The quantitative estimate of drug-likeness (QED) is 0.511. The molecule has 1 aliphatic rings. The number of halogens is 1. The van der Waals surface area contributed by atoms with Crippen LogP contribution >= 0.6 is 11.3 Å². The maximum absolute atomic E-state index is 15.0. The maximum atomic E-state index is 15.0. The summed E-state index contributed by atoms with van der Waals surface area (Å²) in [6.45, 7) is 1.90. The van der Waals surface area contributed by atoms with Crippen LogP contribution in [0.25, 0.3) is 0 Å². The van der Waals surface area contributed by atoms with E-state index in [0.29, 0.717) is 5.69 Å². The van der Waals surface area contributed by atoms with Gasteiger partial charge in [-0.2, -0.15) is 0 Å². The van der Waals surface area contributed by atoms with Crippen molar-refractivity contribution in [1.29, 1.82) is 0 Å². The summed E-state index contributed by atoms with van der Waals surface area (Å²) in [4.78, 5) is 29.7. The number of thiophene rings is 1. The molecular weight excluding hydrogens is 423 g/mol. The molecule has 1 fully saturated rings. The van der Waals surface area contributed by atoms with Crippen LogP contribution in [-0.4, -0.2) is 17.9 Å². The molecule has 6 heteroatoms. The Morgan fingerprint density at radius 2 is 1.78 bits per heavy atom. The van der Waals surface area contributed by atoms with Gasteiger partial charge in [0.1, 0.15) is 11.9 Å². The van der Waals surface area contributed by atoms with E-state index >= 15 is 4.39 Å². The number of rotatable bonds is 7. The highest BCUT2D eigenvalue weighted by Gasteiger charge is 2.36. The number of nitrogens with one attached hydrogen (secondary N) is 1. The van der Waals surface area contributed by atoms with Crippen molar-refractivity contribution in [3.8, 4) is 0 Å². The number of nitrogens with zero attached hydrogens (tertiary/aromatic N) is 1. The first-order valence-corrected chi connectivity index (χ1v) is 11.9. The van der Waals surface area contributed by atoms with Gasteiger partial charge in [0.2, 0.25) is 11.8 Å². The van der Waals surface area contributed by atoms with E-state index in [1.807, 2.05) is 48.7 Å². The molecule has 1 heterocycles. The summed E-state index contributed by atoms with van der Waals surface area (Å²) in [5.74, 6) is -1.08. The van der Waals surface area contributed by atoms with Crippen LogP contribution in [0.2, 0.25) is 0 Å². The number of benzene rings is 2. The van der Waals surface area contributed by atoms with Crippen molar-refractivity contribution in [3.63, 3.8) is 0 Å². The lowest BCUT2D eigenvalue weighted by Crippen LogP contribution is -2.47. The molecule has 0 saturated heterocycles. The van der Waals surface area contributed by atoms with E-state index in [2.05, 4.69) is 5.32 Å². The summed E-state index contributed by atoms with van der Waals surface area (Å²) < 4.78 is 15.0. The van der Waals surface area contributed by atoms with Gasteiger partial charge in [0, 0.05) is 22.2 Å². The molecule has 1 N–H and O–H groups in total. The van der Waals surface area contributed by atoms with Crippen LogP contribution in [-0.2, 0) is 16.0 Å². The van der Waals surface area contributed by atoms with Gasteiger partial charge in [0.15, 0.2) is 0 Å². The minimum atomic E-state index is -1.09. The molecule has 0 bridgehead atoms. The standard InChI is InChI=1S/C26H27FN2O2S/c1-18-9-2-7-15-23(18)29(24(30)17-20-12-8-16-32-20)25(21-13-5-6-14-22(21)27)26(31)28-19-10-3-4-11-19/h2,5-9,12-16,19,25H,3-4,10-11,17H2,1H3,(H,28,31)/t25-/m0/s1. The van der Waals surface area contributed by atoms with Crippen molar-refractivity contribution in [2.75, 3.05) is 4.90 Å². The first-order valence-electron chi connectivity index (χ1n) is 11.0. The van der Waals surface area contributed by atoms with Crippen LogP contribution in [0, 0.1) is 12.7 Å². The van der Waals surface area contributed by atoms with Crippen molar-refractivity contribution in [2.45, 2.75) is 51.1 Å². The molecule has 1 saturated carbocycles. The Hall–Kier alpha value is -2.99. The van der Waals surface area contributed by atoms with E-state index in [1.54, 1.807) is 18.2 Å². The van der Waals surface area contributed by atoms with Gasteiger partial charge in [-0.1, -0.05) is 55.3 Å². The summed E-state index contributed by atoms with van der Waals surface area (Å²) in [5, 5.41) is 5.01. The highest BCUT2D eigenvalue weighted by atomic mass is 32.1. The third-order valence-corrected chi connectivity index (χ3v) is 6.83. The van der Waals surface area contributed by atoms with Crippen molar-refractivity contribution < 1.29 is 14.0 Å². The summed E-state index contributed by atoms with van der Waals surface area (Å²) in [7, 11) is 0. The average molecular weight is 451 g/mol. The lowest BCUT2D eigenvalue weighted by molar-refractivity contribution is -0.127. The molecule has 2 amide bonds. The zero-order valence-electron chi connectivity index (χ0n) is 18.1. The minimum Gasteiger partial charge on any atom is -0.351 e. The summed E-state index contributed by atoms with van der Waals surface area (Å²) >= 11 is 1.49. The average Bonchev–Trinajstić information content (AvgIpc) is 3.48. The second-order valence-corrected chi connectivity index (χ2v) is 9.25. The zero-order chi connectivity index (χ0) is 22.5. The monoisotopic (exact) mass is 450 g/mol. The molecule has 3 aromatic rings. The van der Waals surface area contributed by atoms with E-state index < -0.39 is 11.9 Å². The molecule has 32 heavy (non-hydrogen) atoms. The highest BCUT2D eigenvalue weighted by molar-refractivity contribution is 7.10. The van der Waals surface area contributed by atoms with Gasteiger partial charge in [-0.25, -0.2) is 4.39 Å². The Kier molecular flexibility index (Phi) is 7.00. The van der Waals surface area contributed by atoms with Crippen LogP contribution in [0.3, 0.4) is 0 Å². The predicted molar refractivity (Wildman–Crippen MR) is 126 cm³/mol. The Bertz CT molecular complexity index is 1080. The van der Waals surface area contributed by atoms with Crippen LogP contribution in [0.1, 0.15) is 47.7 Å². The van der Waals surface area contributed by atoms with Crippen molar-refractivity contribution in [3.05, 3.63) is 87.9 Å². The molecule has 2 aromatic carbocycles. The largest absolute Gasteiger partial charge is 0.351 e. The van der Waals surface area contributed by atoms with Gasteiger partial charge in [-0.15, -0.1) is 11.3 Å². The Balaban J connectivity index is 1.79. The van der Waals surface area contributed by atoms with E-state index in [-0.39, 0.29) is 29.8 Å². The fourth-order valence-corrected chi connectivity index (χ4v) is 5.04. The number of aryl methyl sites for hydroxylation is 1. The van der Waals surface area contributed by atoms with Gasteiger partial charge < -0.3 is 5.32 Å². The highest BCUT2D eigenvalue weighted by Crippen LogP contribution is 2.33. The molecule has 166 valence electrons. The third kappa shape index (κ3) is 4.91. The van der Waals surface area contributed by atoms with E-state index in [9.17, 15) is 9.59 Å². The lowest BCUT2D eigenvalue weighted by atomic mass is 10.00. The molecule has 1 atom stereocenters. The topological polar surface area (TPSA) is 49.4 Å². The van der Waals surface area contributed by atoms with E-state index in [1.165, 1.54) is 22.3 Å². The third-order valence-electron chi connectivity index (χ3n) is 5.96. The van der Waals surface area contributed by atoms with Crippen LogP contribution < -0.4 is 10.2 Å². The van der Waals surface area contributed by atoms with Crippen molar-refractivity contribution in [1.82, 2.24) is 5.32 Å². The molecular formula is C26H27FN2O2S. The van der Waals surface area contributed by atoms with Gasteiger partial charge in [0.05, 0.1) is 6.42 Å². The SMILES string of the molecule is Cc1ccccc1N(C(=O)Cc1cccs1)[C@H](C(=O)NC1CCCC1)c1ccccc1F. The first-order chi connectivity index (χ1) is 15.5. The Morgan fingerprint density at radius 1 is 1.06 bits per heavy atom. The zero-order valence-corrected chi connectivity index (χ0v) is 18.9. The number of para-hydroxylation sites is 1. The maximum Gasteiger partial charge on any atom is 0.248 e. The molecule has 1 aromatic heterocycles. The summed E-state index contributed by atoms with van der Waals surface area (Å²) in [5.41, 5.74) is 1.66. The molecule has 1 aliphatic carbocycles. The second-order valence-electron chi connectivity index (χ2n) is 8.22. The number of carbonyl (C=O) groups is 2. The van der Waals surface area contributed by atoms with Crippen molar-refractivity contribution >= 4 is 28.8 Å². The first kappa shape index (κ1) is 22.2. The fourth-order valence-electron chi connectivity index (χ4n) is 4.34. The molecule has 0 spiro atoms. The smallest absolute Gasteiger partial charge is 0.248 e. The normalized spacial score (nSPS) is 14.8. The number of anilines is 1. The fraction of sp³-hybridized carbons (Fsp3) is 0.308. The number of amides is 2. The van der Waals surface area contributed by atoms with Crippen LogP contribution in [0.15, 0.2) is 66.0 Å².